The summed E-state index contributed by atoms with van der Waals surface area (Å²) in [7, 11) is 0. The molecule has 0 radical (unpaired) electrons. The molecule has 1 aliphatic rings. The molecule has 0 spiro atoms. The number of fused-ring (bicyclic) bond motifs is 1. The van der Waals surface area contributed by atoms with Gasteiger partial charge in [-0.15, -0.1) is 0 Å². The molecule has 6 nitrogen and oxygen atoms in total. The summed E-state index contributed by atoms with van der Waals surface area (Å²) in [6.45, 7) is 0.0222. The summed E-state index contributed by atoms with van der Waals surface area (Å²) >= 11 is 0. The van der Waals surface area contributed by atoms with Crippen molar-refractivity contribution in [2.75, 3.05) is 25.1 Å². The first kappa shape index (κ1) is 19.5. The molecule has 1 aliphatic heterocycles. The van der Waals surface area contributed by atoms with Crippen LogP contribution in [-0.2, 0) is 4.79 Å². The van der Waals surface area contributed by atoms with E-state index in [0.717, 1.165) is 0 Å². The van der Waals surface area contributed by atoms with Crippen molar-refractivity contribution in [1.29, 1.82) is 0 Å². The topological polar surface area (TPSA) is 66.0 Å². The van der Waals surface area contributed by atoms with Gasteiger partial charge < -0.3 is 24.3 Å². The molecule has 0 atom stereocenters. The third-order valence-electron chi connectivity index (χ3n) is 3.72. The maximum Gasteiger partial charge on any atom is 0.387 e. The van der Waals surface area contributed by atoms with Crippen LogP contribution in [0.25, 0.3) is 6.08 Å². The van der Waals surface area contributed by atoms with Crippen molar-refractivity contribution in [3.63, 3.8) is 0 Å². The Labute approximate surface area is 160 Å². The fourth-order valence-corrected chi connectivity index (χ4v) is 2.57. The minimum Gasteiger partial charge on any atom is -0.490 e. The summed E-state index contributed by atoms with van der Waals surface area (Å²) in [4.78, 5) is 12.2. The summed E-state index contributed by atoms with van der Waals surface area (Å²) < 4.78 is 45.5. The second kappa shape index (κ2) is 9.07. The predicted molar refractivity (Wildman–Crippen MR) is 99.3 cm³/mol. The van der Waals surface area contributed by atoms with Gasteiger partial charge in [0.1, 0.15) is 13.2 Å². The predicted octanol–water partition coefficient (Wildman–Crippen LogP) is 4.11. The van der Waals surface area contributed by atoms with Crippen LogP contribution in [0.2, 0.25) is 0 Å². The number of hydrogen-bond acceptors (Lipinski definition) is 5. The molecule has 28 heavy (non-hydrogen) atoms. The number of carbonyl (C=O) groups is 1. The van der Waals surface area contributed by atoms with Gasteiger partial charge in [0, 0.05) is 17.8 Å². The molecule has 148 valence electrons. The molecule has 2 aromatic carbocycles. The SMILES string of the molecule is CCOc1cc(/C=C/C(=O)Nc2ccc3c(c2)OCCO3)ccc1OC(F)F. The largest absolute Gasteiger partial charge is 0.490 e. The molecule has 3 rings (SSSR count). The molecular formula is C20H19F2NO5. The molecular weight excluding hydrogens is 372 g/mol. The van der Waals surface area contributed by atoms with E-state index in [1.807, 2.05) is 0 Å². The molecule has 0 aromatic heterocycles. The molecule has 0 saturated heterocycles. The lowest BCUT2D eigenvalue weighted by Crippen LogP contribution is -2.16. The standard InChI is InChI=1S/C20H19F2NO5/c1-2-25-17-11-13(3-6-16(17)28-20(21)22)4-8-19(24)23-14-5-7-15-18(12-14)27-10-9-26-15/h3-8,11-12,20H,2,9-10H2,1H3,(H,23,24)/b8-4+. The Morgan fingerprint density at radius 2 is 1.93 bits per heavy atom. The van der Waals surface area contributed by atoms with Crippen LogP contribution in [-0.4, -0.2) is 32.3 Å². The van der Waals surface area contributed by atoms with E-state index in [0.29, 0.717) is 36.0 Å². The summed E-state index contributed by atoms with van der Waals surface area (Å²) in [5.74, 6) is 0.966. The Hall–Kier alpha value is -3.29. The monoisotopic (exact) mass is 391 g/mol. The second-order valence-electron chi connectivity index (χ2n) is 5.70. The van der Waals surface area contributed by atoms with Gasteiger partial charge in [-0.2, -0.15) is 8.78 Å². The Bertz CT molecular complexity index is 870. The third kappa shape index (κ3) is 5.12. The van der Waals surface area contributed by atoms with Crippen LogP contribution in [0.15, 0.2) is 42.5 Å². The summed E-state index contributed by atoms with van der Waals surface area (Å²) in [6, 6.07) is 9.56. The van der Waals surface area contributed by atoms with Crippen LogP contribution in [0, 0.1) is 0 Å². The zero-order valence-corrected chi connectivity index (χ0v) is 15.1. The summed E-state index contributed by atoms with van der Waals surface area (Å²) in [6.07, 6.45) is 2.87. The van der Waals surface area contributed by atoms with Crippen molar-refractivity contribution in [2.24, 2.45) is 0 Å². The van der Waals surface area contributed by atoms with Gasteiger partial charge in [0.05, 0.1) is 6.61 Å². The number of rotatable bonds is 7. The smallest absolute Gasteiger partial charge is 0.387 e. The molecule has 8 heteroatoms. The van der Waals surface area contributed by atoms with Gasteiger partial charge in [-0.1, -0.05) is 6.07 Å². The number of amides is 1. The number of ether oxygens (including phenoxy) is 4. The second-order valence-corrected chi connectivity index (χ2v) is 5.70. The van der Waals surface area contributed by atoms with Crippen molar-refractivity contribution >= 4 is 17.7 Å². The van der Waals surface area contributed by atoms with E-state index >= 15 is 0 Å². The normalized spacial score (nSPS) is 12.9. The lowest BCUT2D eigenvalue weighted by Gasteiger charge is -2.18. The van der Waals surface area contributed by atoms with Crippen LogP contribution in [0.1, 0.15) is 12.5 Å². The molecule has 0 fully saturated rings. The Kier molecular flexibility index (Phi) is 6.31. The minimum atomic E-state index is -2.95. The average Bonchev–Trinajstić information content (AvgIpc) is 2.68. The Morgan fingerprint density at radius 1 is 1.14 bits per heavy atom. The first-order valence-corrected chi connectivity index (χ1v) is 8.65. The van der Waals surface area contributed by atoms with Gasteiger partial charge in [0.2, 0.25) is 5.91 Å². The quantitative estimate of drug-likeness (QED) is 0.720. The maximum atomic E-state index is 12.4. The van der Waals surface area contributed by atoms with Gasteiger partial charge in [-0.3, -0.25) is 4.79 Å². The van der Waals surface area contributed by atoms with Crippen molar-refractivity contribution in [3.8, 4) is 23.0 Å². The number of nitrogens with one attached hydrogen (secondary N) is 1. The van der Waals surface area contributed by atoms with E-state index in [9.17, 15) is 13.6 Å². The highest BCUT2D eigenvalue weighted by atomic mass is 19.3. The van der Waals surface area contributed by atoms with Crippen LogP contribution >= 0.6 is 0 Å². The van der Waals surface area contributed by atoms with E-state index < -0.39 is 6.61 Å². The number of hydrogen-bond donors (Lipinski definition) is 1. The third-order valence-corrected chi connectivity index (χ3v) is 3.72. The molecule has 1 heterocycles. The van der Waals surface area contributed by atoms with Crippen molar-refractivity contribution in [1.82, 2.24) is 0 Å². The van der Waals surface area contributed by atoms with Crippen LogP contribution in [0.3, 0.4) is 0 Å². The highest BCUT2D eigenvalue weighted by Crippen LogP contribution is 2.33. The number of halogens is 2. The highest BCUT2D eigenvalue weighted by Gasteiger charge is 2.13. The van der Waals surface area contributed by atoms with Gasteiger partial charge in [0.25, 0.3) is 0 Å². The number of anilines is 1. The minimum absolute atomic E-state index is 0.0604. The molecule has 1 N–H and O–H groups in total. The van der Waals surface area contributed by atoms with Crippen LogP contribution < -0.4 is 24.3 Å². The van der Waals surface area contributed by atoms with Gasteiger partial charge in [-0.05, 0) is 42.8 Å². The number of benzene rings is 2. The van der Waals surface area contributed by atoms with Crippen LogP contribution in [0.4, 0.5) is 14.5 Å². The van der Waals surface area contributed by atoms with E-state index in [-0.39, 0.29) is 24.0 Å². The fraction of sp³-hybridized carbons (Fsp3) is 0.250. The van der Waals surface area contributed by atoms with E-state index in [1.54, 1.807) is 37.3 Å². The lowest BCUT2D eigenvalue weighted by molar-refractivity contribution is -0.111. The van der Waals surface area contributed by atoms with Gasteiger partial charge >= 0.3 is 6.61 Å². The van der Waals surface area contributed by atoms with Crippen molar-refractivity contribution < 1.29 is 32.5 Å². The maximum absolute atomic E-state index is 12.4. The molecule has 0 unspecified atom stereocenters. The number of carbonyl (C=O) groups excluding carboxylic acids is 1. The first-order chi connectivity index (χ1) is 13.5. The first-order valence-electron chi connectivity index (χ1n) is 8.65. The Morgan fingerprint density at radius 3 is 2.68 bits per heavy atom. The molecule has 0 saturated carbocycles. The highest BCUT2D eigenvalue weighted by molar-refractivity contribution is 6.02. The molecule has 0 bridgehead atoms. The van der Waals surface area contributed by atoms with E-state index in [2.05, 4.69) is 10.1 Å². The molecule has 1 amide bonds. The molecule has 2 aromatic rings. The average molecular weight is 391 g/mol. The van der Waals surface area contributed by atoms with Gasteiger partial charge in [0.15, 0.2) is 23.0 Å². The zero-order chi connectivity index (χ0) is 19.9. The van der Waals surface area contributed by atoms with E-state index in [4.69, 9.17) is 14.2 Å². The lowest BCUT2D eigenvalue weighted by atomic mass is 10.2. The van der Waals surface area contributed by atoms with E-state index in [1.165, 1.54) is 18.2 Å². The summed E-state index contributed by atoms with van der Waals surface area (Å²) in [5.41, 5.74) is 1.16. The fourth-order valence-electron chi connectivity index (χ4n) is 2.57. The van der Waals surface area contributed by atoms with Crippen molar-refractivity contribution in [2.45, 2.75) is 13.5 Å². The van der Waals surface area contributed by atoms with Crippen LogP contribution in [0.5, 0.6) is 23.0 Å². The summed E-state index contributed by atoms with van der Waals surface area (Å²) in [5, 5.41) is 2.72. The zero-order valence-electron chi connectivity index (χ0n) is 15.1. The number of alkyl halides is 2. The van der Waals surface area contributed by atoms with Gasteiger partial charge in [-0.25, -0.2) is 0 Å². The molecule has 0 aliphatic carbocycles. The van der Waals surface area contributed by atoms with Crippen molar-refractivity contribution in [3.05, 3.63) is 48.0 Å². The Balaban J connectivity index is 1.67.